The van der Waals surface area contributed by atoms with Crippen molar-refractivity contribution in [3.63, 3.8) is 0 Å². The van der Waals surface area contributed by atoms with Crippen LogP contribution in [-0.2, 0) is 4.79 Å². The Bertz CT molecular complexity index is 1130. The zero-order valence-corrected chi connectivity index (χ0v) is 14.4. The number of nitrogens with one attached hydrogen (secondary N) is 1. The Morgan fingerprint density at radius 2 is 1.96 bits per heavy atom. The topological polar surface area (TPSA) is 105 Å². The Balaban J connectivity index is 1.68. The van der Waals surface area contributed by atoms with E-state index in [4.69, 9.17) is 14.4 Å². The van der Waals surface area contributed by atoms with Crippen LogP contribution in [0.3, 0.4) is 0 Å². The summed E-state index contributed by atoms with van der Waals surface area (Å²) in [6.07, 6.45) is 0. The Morgan fingerprint density at radius 3 is 2.78 bits per heavy atom. The van der Waals surface area contributed by atoms with E-state index in [-0.39, 0.29) is 12.2 Å². The fourth-order valence-corrected chi connectivity index (χ4v) is 2.38. The predicted octanol–water partition coefficient (Wildman–Crippen LogP) is 2.58. The van der Waals surface area contributed by atoms with Gasteiger partial charge in [-0.25, -0.2) is 10.2 Å². The van der Waals surface area contributed by atoms with Crippen LogP contribution in [0.4, 0.5) is 0 Å². The van der Waals surface area contributed by atoms with Gasteiger partial charge in [-0.2, -0.15) is 10.4 Å². The van der Waals surface area contributed by atoms with Crippen LogP contribution in [0.1, 0.15) is 18.1 Å². The molecule has 7 heteroatoms. The molecule has 0 radical (unpaired) electrons. The smallest absolute Gasteiger partial charge is 0.345 e. The van der Waals surface area contributed by atoms with Gasteiger partial charge < -0.3 is 9.15 Å². The van der Waals surface area contributed by atoms with Crippen LogP contribution in [0.15, 0.2) is 68.9 Å². The minimum atomic E-state index is -0.539. The summed E-state index contributed by atoms with van der Waals surface area (Å²) in [6, 6.07) is 17.4. The van der Waals surface area contributed by atoms with Gasteiger partial charge in [-0.05, 0) is 31.2 Å². The number of benzene rings is 2. The van der Waals surface area contributed by atoms with E-state index in [1.165, 1.54) is 0 Å². The summed E-state index contributed by atoms with van der Waals surface area (Å²) >= 11 is 0. The van der Waals surface area contributed by atoms with Crippen LogP contribution >= 0.6 is 0 Å². The van der Waals surface area contributed by atoms with Crippen LogP contribution in [0.25, 0.3) is 11.0 Å². The molecular weight excluding hydrogens is 346 g/mol. The van der Waals surface area contributed by atoms with E-state index in [0.29, 0.717) is 22.6 Å². The quantitative estimate of drug-likeness (QED) is 0.427. The monoisotopic (exact) mass is 361 g/mol. The Kier molecular flexibility index (Phi) is 5.28. The predicted molar refractivity (Wildman–Crippen MR) is 99.5 cm³/mol. The molecule has 2 aromatic carbocycles. The van der Waals surface area contributed by atoms with Gasteiger partial charge in [-0.3, -0.25) is 4.79 Å². The van der Waals surface area contributed by atoms with Gasteiger partial charge in [-0.15, -0.1) is 0 Å². The molecule has 3 rings (SSSR count). The van der Waals surface area contributed by atoms with Crippen molar-refractivity contribution >= 4 is 22.6 Å². The van der Waals surface area contributed by atoms with E-state index in [1.54, 1.807) is 49.4 Å². The summed E-state index contributed by atoms with van der Waals surface area (Å²) < 4.78 is 10.6. The highest BCUT2D eigenvalue weighted by molar-refractivity contribution is 6.00. The Labute approximate surface area is 154 Å². The lowest BCUT2D eigenvalue weighted by atomic mass is 10.1. The minimum Gasteiger partial charge on any atom is -0.482 e. The third kappa shape index (κ3) is 4.19. The first kappa shape index (κ1) is 17.9. The van der Waals surface area contributed by atoms with E-state index in [9.17, 15) is 9.59 Å². The van der Waals surface area contributed by atoms with Crippen LogP contribution < -0.4 is 15.8 Å². The van der Waals surface area contributed by atoms with E-state index >= 15 is 0 Å². The molecule has 1 heterocycles. The first-order chi connectivity index (χ1) is 13.1. The van der Waals surface area contributed by atoms with Crippen molar-refractivity contribution in [2.24, 2.45) is 5.10 Å². The van der Waals surface area contributed by atoms with Crippen LogP contribution in [0.5, 0.6) is 5.75 Å². The molecule has 1 amide bonds. The van der Waals surface area contributed by atoms with Crippen molar-refractivity contribution < 1.29 is 13.9 Å². The molecule has 27 heavy (non-hydrogen) atoms. The molecule has 0 aliphatic rings. The number of nitriles is 1. The zero-order chi connectivity index (χ0) is 19.2. The van der Waals surface area contributed by atoms with Gasteiger partial charge in [0.1, 0.15) is 17.4 Å². The van der Waals surface area contributed by atoms with E-state index in [1.807, 2.05) is 18.2 Å². The SMILES string of the molecule is C/C(=N/NC(=O)COc1ccccc1C#N)c1cc2ccccc2oc1=O. The van der Waals surface area contributed by atoms with Crippen molar-refractivity contribution in [2.45, 2.75) is 6.92 Å². The molecule has 0 bridgehead atoms. The number of amides is 1. The third-order valence-corrected chi connectivity index (χ3v) is 3.75. The van der Waals surface area contributed by atoms with E-state index in [2.05, 4.69) is 10.5 Å². The van der Waals surface area contributed by atoms with Crippen LogP contribution in [0.2, 0.25) is 0 Å². The van der Waals surface area contributed by atoms with Gasteiger partial charge in [0, 0.05) is 5.39 Å². The van der Waals surface area contributed by atoms with Gasteiger partial charge >= 0.3 is 5.63 Å². The van der Waals surface area contributed by atoms with Crippen LogP contribution in [0, 0.1) is 11.3 Å². The molecule has 0 atom stereocenters. The molecule has 0 unspecified atom stereocenters. The molecule has 0 aliphatic carbocycles. The average Bonchev–Trinajstić information content (AvgIpc) is 2.70. The standard InChI is InChI=1S/C20H15N3O4/c1-13(16-10-14-6-2-5-9-18(14)27-20(16)25)22-23-19(24)12-26-17-8-4-3-7-15(17)11-21/h2-10H,12H2,1H3,(H,23,24)/b22-13-. The van der Waals surface area contributed by atoms with Crippen molar-refractivity contribution in [1.29, 1.82) is 5.26 Å². The second-order valence-electron chi connectivity index (χ2n) is 5.61. The van der Waals surface area contributed by atoms with Gasteiger partial charge in [-0.1, -0.05) is 30.3 Å². The van der Waals surface area contributed by atoms with Crippen molar-refractivity contribution in [3.05, 3.63) is 76.1 Å². The van der Waals surface area contributed by atoms with E-state index in [0.717, 1.165) is 5.39 Å². The van der Waals surface area contributed by atoms with Gasteiger partial charge in [0.15, 0.2) is 6.61 Å². The van der Waals surface area contributed by atoms with Gasteiger partial charge in [0.25, 0.3) is 5.91 Å². The molecule has 1 aromatic heterocycles. The summed E-state index contributed by atoms with van der Waals surface area (Å²) in [5.74, 6) is -0.210. The highest BCUT2D eigenvalue weighted by Gasteiger charge is 2.10. The summed E-state index contributed by atoms with van der Waals surface area (Å²) in [6.45, 7) is 1.27. The number of hydrogen-bond acceptors (Lipinski definition) is 6. The van der Waals surface area contributed by atoms with Gasteiger partial charge in [0.2, 0.25) is 0 Å². The molecular formula is C20H15N3O4. The van der Waals surface area contributed by atoms with Crippen molar-refractivity contribution in [3.8, 4) is 11.8 Å². The number of hydrogen-bond donors (Lipinski definition) is 1. The zero-order valence-electron chi connectivity index (χ0n) is 14.4. The number of para-hydroxylation sites is 2. The average molecular weight is 361 g/mol. The minimum absolute atomic E-state index is 0.254. The molecule has 7 nitrogen and oxygen atoms in total. The number of nitrogens with zero attached hydrogens (tertiary/aromatic N) is 2. The first-order valence-corrected chi connectivity index (χ1v) is 8.07. The number of rotatable bonds is 5. The van der Waals surface area contributed by atoms with Gasteiger partial charge in [0.05, 0.1) is 16.8 Å². The molecule has 0 saturated heterocycles. The number of carbonyl (C=O) groups is 1. The fourth-order valence-electron chi connectivity index (χ4n) is 2.38. The third-order valence-electron chi connectivity index (χ3n) is 3.75. The van der Waals surface area contributed by atoms with E-state index < -0.39 is 11.5 Å². The molecule has 0 saturated carbocycles. The molecule has 0 fully saturated rings. The molecule has 0 aliphatic heterocycles. The second kappa shape index (κ2) is 7.97. The maximum Gasteiger partial charge on any atom is 0.345 e. The highest BCUT2D eigenvalue weighted by atomic mass is 16.5. The number of carbonyl (C=O) groups excluding carboxylic acids is 1. The Morgan fingerprint density at radius 1 is 1.22 bits per heavy atom. The van der Waals surface area contributed by atoms with Crippen LogP contribution in [-0.4, -0.2) is 18.2 Å². The fraction of sp³-hybridized carbons (Fsp3) is 0.100. The lowest BCUT2D eigenvalue weighted by Crippen LogP contribution is -2.26. The Hall–Kier alpha value is -3.92. The molecule has 0 spiro atoms. The number of fused-ring (bicyclic) bond motifs is 1. The normalized spacial score (nSPS) is 11.0. The lowest BCUT2D eigenvalue weighted by molar-refractivity contribution is -0.123. The van der Waals surface area contributed by atoms with Crippen molar-refractivity contribution in [2.75, 3.05) is 6.61 Å². The molecule has 134 valence electrons. The maximum atomic E-state index is 12.1. The highest BCUT2D eigenvalue weighted by Crippen LogP contribution is 2.16. The largest absolute Gasteiger partial charge is 0.482 e. The summed E-state index contributed by atoms with van der Waals surface area (Å²) in [5.41, 5.74) is 3.16. The first-order valence-electron chi connectivity index (χ1n) is 8.07. The molecule has 1 N–H and O–H groups in total. The summed E-state index contributed by atoms with van der Waals surface area (Å²) in [7, 11) is 0. The number of hydrazone groups is 1. The maximum absolute atomic E-state index is 12.1. The molecule has 3 aromatic rings. The second-order valence-corrected chi connectivity index (χ2v) is 5.61. The lowest BCUT2D eigenvalue weighted by Gasteiger charge is -2.07. The van der Waals surface area contributed by atoms with Crippen molar-refractivity contribution in [1.82, 2.24) is 5.43 Å². The number of ether oxygens (including phenoxy) is 1. The summed E-state index contributed by atoms with van der Waals surface area (Å²) in [4.78, 5) is 24.0. The summed E-state index contributed by atoms with van der Waals surface area (Å²) in [5, 5.41) is 13.7.